The zero-order chi connectivity index (χ0) is 21.8. The molecule has 2 heterocycles. The van der Waals surface area contributed by atoms with Crippen molar-refractivity contribution in [1.82, 2.24) is 10.2 Å². The van der Waals surface area contributed by atoms with E-state index in [9.17, 15) is 9.59 Å². The van der Waals surface area contributed by atoms with Crippen LogP contribution < -0.4 is 10.2 Å². The summed E-state index contributed by atoms with van der Waals surface area (Å²) in [6, 6.07) is 15.6. The van der Waals surface area contributed by atoms with Crippen LogP contribution in [0.3, 0.4) is 0 Å². The molecule has 1 aromatic heterocycles. The van der Waals surface area contributed by atoms with Crippen molar-refractivity contribution >= 4 is 45.7 Å². The number of para-hydroxylation sites is 1. The number of carbonyl (C=O) groups is 2. The Morgan fingerprint density at radius 2 is 1.94 bits per heavy atom. The number of nitrogens with zero attached hydrogens (tertiary/aromatic N) is 3. The van der Waals surface area contributed by atoms with Gasteiger partial charge in [0.2, 0.25) is 11.0 Å². The molecular formula is C23H24N4O2S2. The van der Waals surface area contributed by atoms with E-state index in [1.165, 1.54) is 11.3 Å². The summed E-state index contributed by atoms with van der Waals surface area (Å²) >= 11 is 2.97. The van der Waals surface area contributed by atoms with E-state index in [1.54, 1.807) is 11.8 Å². The quantitative estimate of drug-likeness (QED) is 0.512. The van der Waals surface area contributed by atoms with Crippen LogP contribution in [-0.2, 0) is 11.2 Å². The molecule has 160 valence electrons. The second kappa shape index (κ2) is 9.62. The molecule has 1 aliphatic heterocycles. The van der Waals surface area contributed by atoms with Gasteiger partial charge >= 0.3 is 0 Å². The summed E-state index contributed by atoms with van der Waals surface area (Å²) in [5, 5.41) is 12.5. The van der Waals surface area contributed by atoms with Crippen molar-refractivity contribution in [2.24, 2.45) is 0 Å². The molecule has 0 radical (unpaired) electrons. The van der Waals surface area contributed by atoms with E-state index in [2.05, 4.69) is 35.4 Å². The lowest BCUT2D eigenvalue weighted by Gasteiger charge is -2.19. The molecule has 4 rings (SSSR count). The maximum atomic E-state index is 12.8. The fraction of sp³-hybridized carbons (Fsp3) is 0.304. The third-order valence-electron chi connectivity index (χ3n) is 5.23. The lowest BCUT2D eigenvalue weighted by Crippen LogP contribution is -2.25. The van der Waals surface area contributed by atoms with Crippen LogP contribution >= 0.6 is 23.1 Å². The number of aromatic nitrogens is 2. The highest BCUT2D eigenvalue weighted by molar-refractivity contribution is 7.99. The first kappa shape index (κ1) is 21.5. The van der Waals surface area contributed by atoms with Crippen LogP contribution in [0.5, 0.6) is 0 Å². The first-order chi connectivity index (χ1) is 15.1. The third kappa shape index (κ3) is 4.65. The fourth-order valence-electron chi connectivity index (χ4n) is 3.73. The van der Waals surface area contributed by atoms with Crippen molar-refractivity contribution in [3.05, 3.63) is 64.7 Å². The van der Waals surface area contributed by atoms with Crippen molar-refractivity contribution in [2.75, 3.05) is 22.5 Å². The van der Waals surface area contributed by atoms with Crippen LogP contribution in [0.2, 0.25) is 0 Å². The van der Waals surface area contributed by atoms with Gasteiger partial charge in [-0.3, -0.25) is 14.9 Å². The van der Waals surface area contributed by atoms with Gasteiger partial charge in [0.1, 0.15) is 5.01 Å². The van der Waals surface area contributed by atoms with E-state index >= 15 is 0 Å². The Balaban J connectivity index is 1.47. The molecular weight excluding hydrogens is 428 g/mol. The van der Waals surface area contributed by atoms with Gasteiger partial charge in [-0.25, -0.2) is 0 Å². The molecule has 1 unspecified atom stereocenters. The van der Waals surface area contributed by atoms with Crippen LogP contribution in [0.4, 0.5) is 10.8 Å². The first-order valence-corrected chi connectivity index (χ1v) is 12.2. The van der Waals surface area contributed by atoms with Crippen molar-refractivity contribution in [2.45, 2.75) is 37.5 Å². The fourth-order valence-corrected chi connectivity index (χ4v) is 5.36. The monoisotopic (exact) mass is 452 g/mol. The van der Waals surface area contributed by atoms with Crippen LogP contribution in [-0.4, -0.2) is 34.3 Å². The molecule has 0 spiro atoms. The molecule has 31 heavy (non-hydrogen) atoms. The van der Waals surface area contributed by atoms with Gasteiger partial charge in [-0.1, -0.05) is 55.5 Å². The van der Waals surface area contributed by atoms with E-state index in [0.717, 1.165) is 33.3 Å². The lowest BCUT2D eigenvalue weighted by atomic mass is 10.1. The van der Waals surface area contributed by atoms with Crippen LogP contribution in [0.1, 0.15) is 47.1 Å². The zero-order valence-electron chi connectivity index (χ0n) is 17.5. The average molecular weight is 453 g/mol. The second-order valence-corrected chi connectivity index (χ2v) is 9.53. The Kier molecular flexibility index (Phi) is 6.67. The molecule has 0 aliphatic carbocycles. The number of carbonyl (C=O) groups excluding carboxylic acids is 2. The molecule has 2 amide bonds. The van der Waals surface area contributed by atoms with Crippen LogP contribution in [0.15, 0.2) is 53.4 Å². The summed E-state index contributed by atoms with van der Waals surface area (Å²) in [5.74, 6) is 0.765. The highest BCUT2D eigenvalue weighted by Gasteiger charge is 2.34. The van der Waals surface area contributed by atoms with Gasteiger partial charge in [0.15, 0.2) is 0 Å². The highest BCUT2D eigenvalue weighted by Crippen LogP contribution is 2.35. The van der Waals surface area contributed by atoms with Crippen molar-refractivity contribution < 1.29 is 9.59 Å². The molecule has 1 fully saturated rings. The number of thioether (sulfide) groups is 1. The van der Waals surface area contributed by atoms with Gasteiger partial charge in [0.25, 0.3) is 5.91 Å². The number of amides is 2. The predicted octanol–water partition coefficient (Wildman–Crippen LogP) is 4.99. The Bertz CT molecular complexity index is 1100. The van der Waals surface area contributed by atoms with Gasteiger partial charge in [0, 0.05) is 29.5 Å². The first-order valence-electron chi connectivity index (χ1n) is 10.4. The van der Waals surface area contributed by atoms with Gasteiger partial charge in [-0.05, 0) is 35.9 Å². The Morgan fingerprint density at radius 1 is 1.16 bits per heavy atom. The Labute approximate surface area is 190 Å². The minimum absolute atomic E-state index is 0.0245. The maximum absolute atomic E-state index is 12.8. The molecule has 0 saturated carbocycles. The predicted molar refractivity (Wildman–Crippen MR) is 126 cm³/mol. The Hall–Kier alpha value is -2.71. The SMILES string of the molecule is CCSc1ccccc1C(=O)Nc1nnc(C2CC(=O)N(c3ccccc3CC)C2)s1. The van der Waals surface area contributed by atoms with Crippen molar-refractivity contribution in [3.63, 3.8) is 0 Å². The molecule has 2 aromatic carbocycles. The van der Waals surface area contributed by atoms with Crippen LogP contribution in [0, 0.1) is 0 Å². The van der Waals surface area contributed by atoms with E-state index in [-0.39, 0.29) is 17.7 Å². The molecule has 1 saturated heterocycles. The molecule has 1 aliphatic rings. The van der Waals surface area contributed by atoms with E-state index < -0.39 is 0 Å². The summed E-state index contributed by atoms with van der Waals surface area (Å²) in [6.45, 7) is 4.73. The number of hydrogen-bond acceptors (Lipinski definition) is 6. The normalized spacial score (nSPS) is 16.0. The zero-order valence-corrected chi connectivity index (χ0v) is 19.1. The van der Waals surface area contributed by atoms with Crippen molar-refractivity contribution in [3.8, 4) is 0 Å². The molecule has 0 bridgehead atoms. The van der Waals surface area contributed by atoms with Gasteiger partial charge in [0.05, 0.1) is 5.56 Å². The summed E-state index contributed by atoms with van der Waals surface area (Å²) in [5.41, 5.74) is 2.76. The van der Waals surface area contributed by atoms with Gasteiger partial charge < -0.3 is 4.90 Å². The minimum atomic E-state index is -0.194. The smallest absolute Gasteiger partial charge is 0.258 e. The molecule has 1 N–H and O–H groups in total. The number of hydrogen-bond donors (Lipinski definition) is 1. The maximum Gasteiger partial charge on any atom is 0.258 e. The van der Waals surface area contributed by atoms with E-state index in [0.29, 0.717) is 23.7 Å². The molecule has 3 aromatic rings. The third-order valence-corrected chi connectivity index (χ3v) is 7.19. The van der Waals surface area contributed by atoms with Crippen LogP contribution in [0.25, 0.3) is 0 Å². The molecule has 6 nitrogen and oxygen atoms in total. The second-order valence-electron chi connectivity index (χ2n) is 7.22. The van der Waals surface area contributed by atoms with E-state index in [1.807, 2.05) is 47.4 Å². The van der Waals surface area contributed by atoms with Crippen molar-refractivity contribution in [1.29, 1.82) is 0 Å². The van der Waals surface area contributed by atoms with Gasteiger partial charge in [-0.15, -0.1) is 22.0 Å². The highest BCUT2D eigenvalue weighted by atomic mass is 32.2. The topological polar surface area (TPSA) is 75.2 Å². The number of benzene rings is 2. The summed E-state index contributed by atoms with van der Waals surface area (Å²) in [4.78, 5) is 28.2. The minimum Gasteiger partial charge on any atom is -0.311 e. The number of anilines is 2. The number of rotatable bonds is 7. The Morgan fingerprint density at radius 3 is 2.74 bits per heavy atom. The number of nitrogens with one attached hydrogen (secondary N) is 1. The molecule has 1 atom stereocenters. The lowest BCUT2D eigenvalue weighted by molar-refractivity contribution is -0.117. The summed E-state index contributed by atoms with van der Waals surface area (Å²) in [7, 11) is 0. The van der Waals surface area contributed by atoms with E-state index in [4.69, 9.17) is 0 Å². The largest absolute Gasteiger partial charge is 0.311 e. The summed E-state index contributed by atoms with van der Waals surface area (Å²) < 4.78 is 0. The standard InChI is InChI=1S/C23H24N4O2S2/c1-3-15-9-5-7-11-18(15)27-14-16(13-20(27)28)22-25-26-23(31-22)24-21(29)17-10-6-8-12-19(17)30-4-2/h5-12,16H,3-4,13-14H2,1-2H3,(H,24,26,29). The summed E-state index contributed by atoms with van der Waals surface area (Å²) in [6.07, 6.45) is 1.27. The average Bonchev–Trinajstić information content (AvgIpc) is 3.40. The van der Waals surface area contributed by atoms with Gasteiger partial charge in [-0.2, -0.15) is 0 Å². The number of aryl methyl sites for hydroxylation is 1. The molecule has 8 heteroatoms.